The summed E-state index contributed by atoms with van der Waals surface area (Å²) in [4.78, 5) is 17.8. The molecule has 0 spiro atoms. The summed E-state index contributed by atoms with van der Waals surface area (Å²) >= 11 is 7.43. The highest BCUT2D eigenvalue weighted by Gasteiger charge is 2.18. The van der Waals surface area contributed by atoms with Crippen LogP contribution in [-0.2, 0) is 0 Å². The molecule has 1 N–H and O–H groups in total. The molecule has 3 heterocycles. The Bertz CT molecular complexity index is 1250. The number of anilines is 2. The van der Waals surface area contributed by atoms with Crippen LogP contribution < -0.4 is 20.3 Å². The van der Waals surface area contributed by atoms with E-state index in [9.17, 15) is 4.79 Å². The van der Waals surface area contributed by atoms with Crippen LogP contribution >= 0.6 is 22.9 Å². The van der Waals surface area contributed by atoms with Gasteiger partial charge in [0.25, 0.3) is 5.56 Å². The summed E-state index contributed by atoms with van der Waals surface area (Å²) in [6, 6.07) is 8.99. The fraction of sp³-hybridized carbons (Fsp3) is 0.118. The smallest absolute Gasteiger partial charge is 0.283 e. The molecule has 0 amide bonds. The first-order chi connectivity index (χ1) is 12.6. The van der Waals surface area contributed by atoms with Gasteiger partial charge in [0, 0.05) is 16.8 Å². The number of aromatic nitrogens is 3. The van der Waals surface area contributed by atoms with Crippen molar-refractivity contribution < 1.29 is 9.47 Å². The molecule has 0 saturated heterocycles. The summed E-state index contributed by atoms with van der Waals surface area (Å²) < 4.78 is 12.0. The molecule has 2 aromatic heterocycles. The number of benzene rings is 2. The molecule has 0 saturated carbocycles. The molecule has 4 aromatic rings. The molecular weight excluding hydrogens is 376 g/mol. The maximum Gasteiger partial charge on any atom is 0.283 e. The second kappa shape index (κ2) is 5.58. The molecule has 0 unspecified atom stereocenters. The lowest BCUT2D eigenvalue weighted by Gasteiger charge is -2.03. The van der Waals surface area contributed by atoms with Gasteiger partial charge >= 0.3 is 0 Å². The van der Waals surface area contributed by atoms with Gasteiger partial charge in [0.05, 0.1) is 10.9 Å². The molecule has 0 fully saturated rings. The van der Waals surface area contributed by atoms with E-state index < -0.39 is 0 Å². The Labute approximate surface area is 155 Å². The summed E-state index contributed by atoms with van der Waals surface area (Å²) in [7, 11) is 0. The van der Waals surface area contributed by atoms with Gasteiger partial charge in [0.1, 0.15) is 0 Å². The maximum absolute atomic E-state index is 12.8. The van der Waals surface area contributed by atoms with E-state index >= 15 is 0 Å². The Hall–Kier alpha value is -2.84. The van der Waals surface area contributed by atoms with Gasteiger partial charge < -0.3 is 14.8 Å². The average Bonchev–Trinajstić information content (AvgIpc) is 3.23. The third-order valence-electron chi connectivity index (χ3n) is 4.11. The number of nitrogens with zero attached hydrogens (tertiary/aromatic N) is 3. The first-order valence-electron chi connectivity index (χ1n) is 7.75. The number of halogens is 1. The lowest BCUT2D eigenvalue weighted by Crippen LogP contribution is -2.15. The number of aryl methyl sites for hydroxylation is 1. The van der Waals surface area contributed by atoms with E-state index in [1.165, 1.54) is 15.9 Å². The highest BCUT2D eigenvalue weighted by atomic mass is 35.5. The summed E-state index contributed by atoms with van der Waals surface area (Å²) in [5, 5.41) is 9.14. The molecule has 0 aliphatic carbocycles. The van der Waals surface area contributed by atoms with Gasteiger partial charge in [-0.25, -0.2) is 4.98 Å². The third-order valence-corrected chi connectivity index (χ3v) is 5.34. The Kier molecular flexibility index (Phi) is 3.31. The number of nitrogens with one attached hydrogen (secondary N) is 1. The van der Waals surface area contributed by atoms with Crippen molar-refractivity contribution in [2.45, 2.75) is 6.92 Å². The lowest BCUT2D eigenvalue weighted by molar-refractivity contribution is 0.174. The van der Waals surface area contributed by atoms with Crippen molar-refractivity contribution in [3.8, 4) is 11.5 Å². The van der Waals surface area contributed by atoms with Gasteiger partial charge in [0.2, 0.25) is 16.9 Å². The number of hydrogen-bond donors (Lipinski definition) is 1. The summed E-state index contributed by atoms with van der Waals surface area (Å²) in [5.74, 6) is 1.13. The van der Waals surface area contributed by atoms with Crippen molar-refractivity contribution in [1.82, 2.24) is 14.6 Å². The van der Waals surface area contributed by atoms with Crippen LogP contribution in [0.4, 0.5) is 10.8 Å². The molecule has 130 valence electrons. The topological polar surface area (TPSA) is 77.8 Å². The monoisotopic (exact) mass is 386 g/mol. The molecular formula is C17H11ClN4O3S. The van der Waals surface area contributed by atoms with Crippen molar-refractivity contribution in [1.29, 1.82) is 0 Å². The van der Waals surface area contributed by atoms with Gasteiger partial charge in [-0.15, -0.1) is 5.10 Å². The molecule has 7 nitrogen and oxygen atoms in total. The fourth-order valence-corrected chi connectivity index (χ4v) is 3.74. The number of fused-ring (bicyclic) bond motifs is 3. The van der Waals surface area contributed by atoms with Crippen LogP contribution in [0.3, 0.4) is 0 Å². The van der Waals surface area contributed by atoms with Gasteiger partial charge in [-0.1, -0.05) is 29.0 Å². The zero-order chi connectivity index (χ0) is 17.8. The molecule has 0 atom stereocenters. The summed E-state index contributed by atoms with van der Waals surface area (Å²) in [6.45, 7) is 2.08. The Morgan fingerprint density at radius 2 is 2.04 bits per heavy atom. The van der Waals surface area contributed by atoms with Crippen LogP contribution in [0.5, 0.6) is 11.5 Å². The van der Waals surface area contributed by atoms with Crippen LogP contribution in [0.1, 0.15) is 5.56 Å². The third kappa shape index (κ3) is 2.38. The van der Waals surface area contributed by atoms with Crippen molar-refractivity contribution in [2.75, 3.05) is 12.1 Å². The maximum atomic E-state index is 12.8. The number of ether oxygens (including phenoxy) is 2. The zero-order valence-corrected chi connectivity index (χ0v) is 15.0. The molecule has 0 bridgehead atoms. The molecule has 1 aliphatic rings. The van der Waals surface area contributed by atoms with E-state index in [4.69, 9.17) is 21.1 Å². The van der Waals surface area contributed by atoms with E-state index in [1.807, 2.05) is 25.1 Å². The van der Waals surface area contributed by atoms with Gasteiger partial charge in [-0.2, -0.15) is 4.52 Å². The second-order valence-corrected chi connectivity index (χ2v) is 7.19. The van der Waals surface area contributed by atoms with Crippen LogP contribution in [-0.4, -0.2) is 21.4 Å². The summed E-state index contributed by atoms with van der Waals surface area (Å²) in [5.41, 5.74) is 2.07. The molecule has 26 heavy (non-hydrogen) atoms. The Morgan fingerprint density at radius 3 is 2.85 bits per heavy atom. The number of rotatable bonds is 2. The molecule has 2 aromatic carbocycles. The van der Waals surface area contributed by atoms with E-state index in [-0.39, 0.29) is 12.4 Å². The largest absolute Gasteiger partial charge is 0.454 e. The second-order valence-electron chi connectivity index (χ2n) is 5.83. The van der Waals surface area contributed by atoms with Crippen LogP contribution in [0.2, 0.25) is 5.02 Å². The average molecular weight is 387 g/mol. The standard InChI is InChI=1S/C17H11ClN4O3S/c1-8-2-3-9(4-11(8)18)19-16-21-22-15(23)10-5-13-14(25-7-24-13)6-12(10)20-17(22)26-16/h2-6H,7H2,1H3,(H,19,21). The predicted molar refractivity (Wildman–Crippen MR) is 100 cm³/mol. The molecule has 9 heteroatoms. The van der Waals surface area contributed by atoms with Crippen LogP contribution in [0.15, 0.2) is 35.1 Å². The van der Waals surface area contributed by atoms with Gasteiger partial charge in [0.15, 0.2) is 11.5 Å². The van der Waals surface area contributed by atoms with Gasteiger partial charge in [-0.05, 0) is 30.7 Å². The van der Waals surface area contributed by atoms with E-state index in [2.05, 4.69) is 15.4 Å². The van der Waals surface area contributed by atoms with Gasteiger partial charge in [-0.3, -0.25) is 4.79 Å². The fourth-order valence-electron chi connectivity index (χ4n) is 2.74. The van der Waals surface area contributed by atoms with Crippen molar-refractivity contribution in [2.24, 2.45) is 0 Å². The normalized spacial score (nSPS) is 12.8. The molecule has 0 radical (unpaired) electrons. The van der Waals surface area contributed by atoms with Crippen molar-refractivity contribution in [3.63, 3.8) is 0 Å². The predicted octanol–water partition coefficient (Wildman–Crippen LogP) is 3.74. The van der Waals surface area contributed by atoms with E-state index in [0.29, 0.717) is 37.5 Å². The highest BCUT2D eigenvalue weighted by molar-refractivity contribution is 7.20. The van der Waals surface area contributed by atoms with Crippen LogP contribution in [0.25, 0.3) is 15.9 Å². The van der Waals surface area contributed by atoms with E-state index in [0.717, 1.165) is 11.3 Å². The highest BCUT2D eigenvalue weighted by Crippen LogP contribution is 2.35. The Balaban J connectivity index is 1.62. The molecule has 1 aliphatic heterocycles. The number of hydrogen-bond acceptors (Lipinski definition) is 7. The zero-order valence-electron chi connectivity index (χ0n) is 13.4. The minimum Gasteiger partial charge on any atom is -0.454 e. The van der Waals surface area contributed by atoms with Crippen molar-refractivity contribution >= 4 is 49.6 Å². The molecule has 5 rings (SSSR count). The Morgan fingerprint density at radius 1 is 1.23 bits per heavy atom. The van der Waals surface area contributed by atoms with E-state index in [1.54, 1.807) is 12.1 Å². The van der Waals surface area contributed by atoms with Crippen molar-refractivity contribution in [3.05, 3.63) is 51.3 Å². The first-order valence-corrected chi connectivity index (χ1v) is 8.94. The lowest BCUT2D eigenvalue weighted by atomic mass is 10.2. The SMILES string of the molecule is Cc1ccc(Nc2nn3c(=O)c4cc5c(cc4nc3s2)OCO5)cc1Cl. The first kappa shape index (κ1) is 15.4. The quantitative estimate of drug-likeness (QED) is 0.565. The van der Waals surface area contributed by atoms with Crippen LogP contribution in [0, 0.1) is 6.92 Å². The minimum atomic E-state index is -0.255. The minimum absolute atomic E-state index is 0.146. The summed E-state index contributed by atoms with van der Waals surface area (Å²) in [6.07, 6.45) is 0.